The highest BCUT2D eigenvalue weighted by molar-refractivity contribution is 7.91. The van der Waals surface area contributed by atoms with Gasteiger partial charge in [0.15, 0.2) is 0 Å². The Morgan fingerprint density at radius 3 is 2.81 bits per heavy atom. The summed E-state index contributed by atoms with van der Waals surface area (Å²) in [6.45, 7) is 1.27. The van der Waals surface area contributed by atoms with Gasteiger partial charge in [0.25, 0.3) is 10.0 Å². The van der Waals surface area contributed by atoms with Crippen LogP contribution >= 0.6 is 22.9 Å². The van der Waals surface area contributed by atoms with E-state index in [4.69, 9.17) is 11.6 Å². The second-order valence-electron chi connectivity index (χ2n) is 6.62. The first kappa shape index (κ1) is 20.3. The number of nitrogens with zero attached hydrogens (tertiary/aromatic N) is 1. The maximum Gasteiger partial charge on any atom is 0.252 e. The van der Waals surface area contributed by atoms with Gasteiger partial charge in [-0.15, -0.1) is 11.3 Å². The largest absolute Gasteiger partial charge is 0.356 e. The van der Waals surface area contributed by atoms with Crippen LogP contribution in [-0.4, -0.2) is 38.3 Å². The number of carbonyl (C=O) groups excluding carboxylic acids is 1. The summed E-state index contributed by atoms with van der Waals surface area (Å²) in [5.74, 6) is -0.367. The molecule has 27 heavy (non-hydrogen) atoms. The number of rotatable bonds is 7. The number of nitrogens with one attached hydrogen (secondary N) is 1. The average Bonchev–Trinajstić information content (AvgIpc) is 3.22. The van der Waals surface area contributed by atoms with Gasteiger partial charge in [0, 0.05) is 24.7 Å². The molecule has 2 heterocycles. The fraction of sp³-hybridized carbons (Fsp3) is 0.421. The van der Waals surface area contributed by atoms with Gasteiger partial charge in [0.1, 0.15) is 4.21 Å². The molecule has 1 fully saturated rings. The van der Waals surface area contributed by atoms with E-state index >= 15 is 0 Å². The van der Waals surface area contributed by atoms with Crippen molar-refractivity contribution in [1.82, 2.24) is 9.62 Å². The average molecular weight is 427 g/mol. The van der Waals surface area contributed by atoms with Gasteiger partial charge in [-0.05, 0) is 48.8 Å². The van der Waals surface area contributed by atoms with Crippen LogP contribution in [0.25, 0.3) is 0 Å². The van der Waals surface area contributed by atoms with Crippen molar-refractivity contribution in [2.75, 3.05) is 19.6 Å². The normalized spacial score (nSPS) is 18.3. The fourth-order valence-electron chi connectivity index (χ4n) is 3.25. The van der Waals surface area contributed by atoms with Crippen LogP contribution in [0.2, 0.25) is 5.02 Å². The first-order valence-corrected chi connectivity index (χ1v) is 11.7. The number of carbonyl (C=O) groups is 1. The van der Waals surface area contributed by atoms with E-state index in [9.17, 15) is 13.2 Å². The maximum atomic E-state index is 12.7. The minimum absolute atomic E-state index is 0.0692. The molecule has 1 saturated heterocycles. The van der Waals surface area contributed by atoms with Crippen LogP contribution in [0.15, 0.2) is 46.0 Å². The van der Waals surface area contributed by atoms with E-state index in [0.717, 1.165) is 23.4 Å². The predicted octanol–water partition coefficient (Wildman–Crippen LogP) is 3.55. The SMILES string of the molecule is O=C(NCCCc1ccccc1Cl)[C@H]1CCCN(S(=O)(=O)c2cccs2)C1. The van der Waals surface area contributed by atoms with E-state index in [1.54, 1.807) is 17.5 Å². The maximum absolute atomic E-state index is 12.7. The number of piperidine rings is 1. The van der Waals surface area contributed by atoms with Crippen molar-refractivity contribution < 1.29 is 13.2 Å². The summed E-state index contributed by atoms with van der Waals surface area (Å²) in [6.07, 6.45) is 3.00. The van der Waals surface area contributed by atoms with Crippen molar-refractivity contribution >= 4 is 38.9 Å². The first-order valence-electron chi connectivity index (χ1n) is 9.03. The van der Waals surface area contributed by atoms with Gasteiger partial charge in [-0.2, -0.15) is 4.31 Å². The molecule has 0 bridgehead atoms. The molecule has 3 rings (SSSR count). The number of sulfonamides is 1. The first-order chi connectivity index (χ1) is 13.0. The topological polar surface area (TPSA) is 66.5 Å². The molecule has 1 atom stereocenters. The molecule has 2 aromatic rings. The van der Waals surface area contributed by atoms with E-state index in [-0.39, 0.29) is 18.4 Å². The van der Waals surface area contributed by atoms with Gasteiger partial charge in [-0.3, -0.25) is 4.79 Å². The zero-order valence-electron chi connectivity index (χ0n) is 14.9. The Hall–Kier alpha value is -1.41. The van der Waals surface area contributed by atoms with Gasteiger partial charge in [0.2, 0.25) is 5.91 Å². The Labute approximate surface area is 169 Å². The predicted molar refractivity (Wildman–Crippen MR) is 109 cm³/mol. The van der Waals surface area contributed by atoms with Crippen molar-refractivity contribution in [3.05, 3.63) is 52.4 Å². The smallest absolute Gasteiger partial charge is 0.252 e. The molecular weight excluding hydrogens is 404 g/mol. The molecule has 1 amide bonds. The highest BCUT2D eigenvalue weighted by Gasteiger charge is 2.33. The summed E-state index contributed by atoms with van der Waals surface area (Å²) in [7, 11) is -3.49. The summed E-state index contributed by atoms with van der Waals surface area (Å²) in [5, 5.41) is 5.44. The van der Waals surface area contributed by atoms with E-state index in [1.165, 1.54) is 15.6 Å². The fourth-order valence-corrected chi connectivity index (χ4v) is 6.15. The van der Waals surface area contributed by atoms with Gasteiger partial charge >= 0.3 is 0 Å². The van der Waals surface area contributed by atoms with Crippen molar-refractivity contribution in [3.8, 4) is 0 Å². The van der Waals surface area contributed by atoms with Crippen molar-refractivity contribution in [3.63, 3.8) is 0 Å². The van der Waals surface area contributed by atoms with Crippen LogP contribution in [0.3, 0.4) is 0 Å². The summed E-state index contributed by atoms with van der Waals surface area (Å²) in [4.78, 5) is 12.5. The van der Waals surface area contributed by atoms with Crippen LogP contribution < -0.4 is 5.32 Å². The van der Waals surface area contributed by atoms with Crippen molar-refractivity contribution in [2.24, 2.45) is 5.92 Å². The molecule has 1 aromatic carbocycles. The molecular formula is C19H23ClN2O3S2. The molecule has 1 aliphatic rings. The highest BCUT2D eigenvalue weighted by atomic mass is 35.5. The van der Waals surface area contributed by atoms with Crippen LogP contribution in [0, 0.1) is 5.92 Å². The van der Waals surface area contributed by atoms with Crippen LogP contribution in [-0.2, 0) is 21.2 Å². The minimum atomic E-state index is -3.49. The second kappa shape index (κ2) is 9.19. The number of aryl methyl sites for hydroxylation is 1. The lowest BCUT2D eigenvalue weighted by Gasteiger charge is -2.30. The zero-order valence-corrected chi connectivity index (χ0v) is 17.3. The third-order valence-electron chi connectivity index (χ3n) is 4.72. The van der Waals surface area contributed by atoms with Crippen molar-refractivity contribution in [2.45, 2.75) is 29.9 Å². The molecule has 0 saturated carbocycles. The van der Waals surface area contributed by atoms with Gasteiger partial charge in [-0.1, -0.05) is 35.9 Å². The lowest BCUT2D eigenvalue weighted by Crippen LogP contribution is -2.45. The molecule has 0 spiro atoms. The van der Waals surface area contributed by atoms with Crippen molar-refractivity contribution in [1.29, 1.82) is 0 Å². The number of hydrogen-bond donors (Lipinski definition) is 1. The number of thiophene rings is 1. The third kappa shape index (κ3) is 5.10. The van der Waals surface area contributed by atoms with E-state index in [0.29, 0.717) is 30.1 Å². The lowest BCUT2D eigenvalue weighted by molar-refractivity contribution is -0.126. The Balaban J connectivity index is 1.49. The number of halogens is 1. The molecule has 5 nitrogen and oxygen atoms in total. The molecule has 8 heteroatoms. The standard InChI is InChI=1S/C19H23ClN2O3S2/c20-17-9-2-1-6-15(17)7-3-11-21-19(23)16-8-4-12-22(14-16)27(24,25)18-10-5-13-26-18/h1-2,5-6,9-10,13,16H,3-4,7-8,11-12,14H2,(H,21,23)/t16-/m0/s1. The Bertz CT molecular complexity index is 869. The monoisotopic (exact) mass is 426 g/mol. The zero-order chi connectivity index (χ0) is 19.3. The molecule has 0 aliphatic carbocycles. The van der Waals surface area contributed by atoms with E-state index in [1.807, 2.05) is 24.3 Å². The summed E-state index contributed by atoms with van der Waals surface area (Å²) >= 11 is 7.35. The quantitative estimate of drug-likeness (QED) is 0.688. The minimum Gasteiger partial charge on any atom is -0.356 e. The highest BCUT2D eigenvalue weighted by Crippen LogP contribution is 2.26. The Kier molecular flexibility index (Phi) is 6.92. The summed E-state index contributed by atoms with van der Waals surface area (Å²) < 4.78 is 27.1. The molecule has 1 aromatic heterocycles. The Morgan fingerprint density at radius 1 is 1.26 bits per heavy atom. The molecule has 0 radical (unpaired) electrons. The van der Waals surface area contributed by atoms with Crippen LogP contribution in [0.1, 0.15) is 24.8 Å². The number of benzene rings is 1. The summed E-state index contributed by atoms with van der Waals surface area (Å²) in [5.41, 5.74) is 1.07. The molecule has 0 unspecified atom stereocenters. The summed E-state index contributed by atoms with van der Waals surface area (Å²) in [6, 6.07) is 11.0. The molecule has 1 N–H and O–H groups in total. The van der Waals surface area contributed by atoms with E-state index in [2.05, 4.69) is 5.32 Å². The number of hydrogen-bond acceptors (Lipinski definition) is 4. The molecule has 1 aliphatic heterocycles. The second-order valence-corrected chi connectivity index (χ2v) is 10.1. The van der Waals surface area contributed by atoms with E-state index < -0.39 is 10.0 Å². The third-order valence-corrected chi connectivity index (χ3v) is 8.33. The van der Waals surface area contributed by atoms with Gasteiger partial charge in [-0.25, -0.2) is 8.42 Å². The van der Waals surface area contributed by atoms with Gasteiger partial charge in [0.05, 0.1) is 5.92 Å². The van der Waals surface area contributed by atoms with Gasteiger partial charge < -0.3 is 5.32 Å². The Morgan fingerprint density at radius 2 is 2.07 bits per heavy atom. The molecule has 146 valence electrons. The van der Waals surface area contributed by atoms with Crippen LogP contribution in [0.4, 0.5) is 0 Å². The number of amides is 1. The lowest BCUT2D eigenvalue weighted by atomic mass is 9.99. The van der Waals surface area contributed by atoms with Crippen LogP contribution in [0.5, 0.6) is 0 Å².